The second-order valence-corrected chi connectivity index (χ2v) is 13.4. The van der Waals surface area contributed by atoms with Gasteiger partial charge in [0.15, 0.2) is 19.7 Å². The molecule has 1 aromatic carbocycles. The molecule has 9 heteroatoms. The maximum Gasteiger partial charge on any atom is 0.183 e. The maximum absolute atomic E-state index is 13.6. The first kappa shape index (κ1) is 24.4. The molecule has 0 radical (unpaired) electrons. The molecule has 33 heavy (non-hydrogen) atoms. The lowest BCUT2D eigenvalue weighted by atomic mass is 9.92. The molecule has 3 atom stereocenters. The fourth-order valence-corrected chi connectivity index (χ4v) is 9.96. The highest BCUT2D eigenvalue weighted by Crippen LogP contribution is 2.30. The summed E-state index contributed by atoms with van der Waals surface area (Å²) in [5.41, 5.74) is 2.28. The molecule has 182 valence electrons. The van der Waals surface area contributed by atoms with E-state index in [4.69, 9.17) is 4.42 Å². The average molecular weight is 495 g/mol. The van der Waals surface area contributed by atoms with Crippen LogP contribution in [0.3, 0.4) is 0 Å². The molecule has 1 N–H and O–H groups in total. The van der Waals surface area contributed by atoms with Crippen LogP contribution >= 0.6 is 0 Å². The Bertz CT molecular complexity index is 1160. The molecule has 2 heterocycles. The number of hydrogen-bond acceptors (Lipinski definition) is 7. The third-order valence-electron chi connectivity index (χ3n) is 7.05. The van der Waals surface area contributed by atoms with Crippen molar-refractivity contribution in [3.63, 3.8) is 0 Å². The van der Waals surface area contributed by atoms with Crippen LogP contribution < -0.4 is 5.32 Å². The van der Waals surface area contributed by atoms with Gasteiger partial charge in [0.2, 0.25) is 0 Å². The van der Waals surface area contributed by atoms with Gasteiger partial charge in [-0.2, -0.15) is 0 Å². The van der Waals surface area contributed by atoms with E-state index in [-0.39, 0.29) is 22.4 Å². The Kier molecular flexibility index (Phi) is 7.33. The predicted molar refractivity (Wildman–Crippen MR) is 129 cm³/mol. The second-order valence-electron chi connectivity index (χ2n) is 9.07. The monoisotopic (exact) mass is 494 g/mol. The smallest absolute Gasteiger partial charge is 0.183 e. The molecule has 2 aromatic rings. The van der Waals surface area contributed by atoms with Crippen LogP contribution in [0.5, 0.6) is 0 Å². The first-order valence-electron chi connectivity index (χ1n) is 11.8. The van der Waals surface area contributed by atoms with Gasteiger partial charge < -0.3 is 9.73 Å². The highest BCUT2D eigenvalue weighted by molar-refractivity contribution is 7.96. The Hall–Kier alpha value is -1.68. The highest BCUT2D eigenvalue weighted by Gasteiger charge is 2.46. The molecule has 1 fully saturated rings. The number of hydrogen-bond donors (Lipinski definition) is 1. The van der Waals surface area contributed by atoms with Crippen LogP contribution in [0, 0.1) is 0 Å². The topological polar surface area (TPSA) is 96.7 Å². The van der Waals surface area contributed by atoms with Gasteiger partial charge in [0.05, 0.1) is 34.0 Å². The highest BCUT2D eigenvalue weighted by atomic mass is 32.2. The van der Waals surface area contributed by atoms with Crippen molar-refractivity contribution in [3.05, 3.63) is 53.5 Å². The van der Waals surface area contributed by atoms with Crippen molar-refractivity contribution >= 4 is 19.7 Å². The second kappa shape index (κ2) is 9.90. The minimum absolute atomic E-state index is 0.106. The van der Waals surface area contributed by atoms with Crippen molar-refractivity contribution in [2.24, 2.45) is 0 Å². The van der Waals surface area contributed by atoms with Crippen LogP contribution in [0.25, 0.3) is 0 Å². The number of likely N-dealkylation sites (N-methyl/N-ethyl adjacent to an activating group) is 1. The van der Waals surface area contributed by atoms with Crippen molar-refractivity contribution in [1.82, 2.24) is 10.2 Å². The van der Waals surface area contributed by atoms with E-state index < -0.39 is 31.0 Å². The van der Waals surface area contributed by atoms with Gasteiger partial charge in [-0.05, 0) is 74.2 Å². The van der Waals surface area contributed by atoms with Crippen molar-refractivity contribution in [2.45, 2.75) is 61.8 Å². The summed E-state index contributed by atoms with van der Waals surface area (Å²) in [6, 6.07) is 8.29. The summed E-state index contributed by atoms with van der Waals surface area (Å²) in [5.74, 6) is 0.257. The lowest BCUT2D eigenvalue weighted by Crippen LogP contribution is -2.47. The molecule has 0 amide bonds. The quantitative estimate of drug-likeness (QED) is 0.573. The Morgan fingerprint density at radius 3 is 2.48 bits per heavy atom. The molecule has 0 saturated carbocycles. The average Bonchev–Trinajstić information content (AvgIpc) is 3.44. The van der Waals surface area contributed by atoms with Crippen molar-refractivity contribution in [3.8, 4) is 0 Å². The Morgan fingerprint density at radius 2 is 1.82 bits per heavy atom. The van der Waals surface area contributed by atoms with Gasteiger partial charge >= 0.3 is 0 Å². The summed E-state index contributed by atoms with van der Waals surface area (Å²) in [6.45, 7) is 6.12. The lowest BCUT2D eigenvalue weighted by molar-refractivity contribution is 0.185. The van der Waals surface area contributed by atoms with Gasteiger partial charge in [0.1, 0.15) is 5.76 Å². The SMILES string of the molecule is CCN(CC)C(CN[C@H]1CS(=O)(=O)C[C@@H]1S(=O)(=O)c1ccc2c(c1)CCCC2)c1ccco1. The van der Waals surface area contributed by atoms with E-state index in [0.717, 1.165) is 50.1 Å². The van der Waals surface area contributed by atoms with E-state index in [1.807, 2.05) is 18.2 Å². The maximum atomic E-state index is 13.6. The Balaban J connectivity index is 1.58. The summed E-state index contributed by atoms with van der Waals surface area (Å²) in [5, 5.41) is 2.30. The van der Waals surface area contributed by atoms with E-state index in [9.17, 15) is 16.8 Å². The summed E-state index contributed by atoms with van der Waals surface area (Å²) in [4.78, 5) is 2.45. The minimum Gasteiger partial charge on any atom is -0.468 e. The van der Waals surface area contributed by atoms with Crippen LogP contribution in [0.2, 0.25) is 0 Å². The Morgan fingerprint density at radius 1 is 1.09 bits per heavy atom. The van der Waals surface area contributed by atoms with E-state index in [1.165, 1.54) is 5.56 Å². The summed E-state index contributed by atoms with van der Waals surface area (Å²) >= 11 is 0. The number of aryl methyl sites for hydroxylation is 2. The van der Waals surface area contributed by atoms with E-state index >= 15 is 0 Å². The van der Waals surface area contributed by atoms with Gasteiger partial charge in [0, 0.05) is 12.6 Å². The van der Waals surface area contributed by atoms with Gasteiger partial charge in [-0.3, -0.25) is 4.90 Å². The zero-order valence-corrected chi connectivity index (χ0v) is 21.0. The van der Waals surface area contributed by atoms with Crippen molar-refractivity contribution < 1.29 is 21.3 Å². The van der Waals surface area contributed by atoms with Crippen LogP contribution in [0.4, 0.5) is 0 Å². The van der Waals surface area contributed by atoms with Crippen LogP contribution in [0.15, 0.2) is 45.9 Å². The summed E-state index contributed by atoms with van der Waals surface area (Å²) in [7, 11) is -7.27. The zero-order chi connectivity index (χ0) is 23.6. The predicted octanol–water partition coefficient (Wildman–Crippen LogP) is 2.77. The number of sulfone groups is 2. The number of nitrogens with zero attached hydrogens (tertiary/aromatic N) is 1. The molecule has 1 aliphatic carbocycles. The molecule has 0 bridgehead atoms. The number of furan rings is 1. The van der Waals surface area contributed by atoms with Gasteiger partial charge in [0.25, 0.3) is 0 Å². The summed E-state index contributed by atoms with van der Waals surface area (Å²) < 4.78 is 57.9. The van der Waals surface area contributed by atoms with Gasteiger partial charge in [-0.1, -0.05) is 19.9 Å². The number of nitrogens with one attached hydrogen (secondary N) is 1. The van der Waals surface area contributed by atoms with Crippen LogP contribution in [0.1, 0.15) is 49.6 Å². The first-order chi connectivity index (χ1) is 15.7. The van der Waals surface area contributed by atoms with E-state index in [0.29, 0.717) is 6.54 Å². The van der Waals surface area contributed by atoms with Gasteiger partial charge in [-0.15, -0.1) is 0 Å². The largest absolute Gasteiger partial charge is 0.468 e. The third kappa shape index (κ3) is 5.21. The molecule has 7 nitrogen and oxygen atoms in total. The molecule has 0 spiro atoms. The molecule has 1 saturated heterocycles. The molecule has 1 aliphatic heterocycles. The van der Waals surface area contributed by atoms with Crippen LogP contribution in [-0.4, -0.2) is 64.2 Å². The third-order valence-corrected chi connectivity index (χ3v) is 11.2. The van der Waals surface area contributed by atoms with E-state index in [2.05, 4.69) is 24.1 Å². The normalized spacial score (nSPS) is 23.5. The molecule has 4 rings (SSSR count). The van der Waals surface area contributed by atoms with Crippen LogP contribution in [-0.2, 0) is 32.5 Å². The molecule has 1 unspecified atom stereocenters. The molecule has 2 aliphatic rings. The zero-order valence-electron chi connectivity index (χ0n) is 19.4. The minimum atomic E-state index is -3.80. The summed E-state index contributed by atoms with van der Waals surface area (Å²) in [6.07, 6.45) is 5.64. The standard InChI is InChI=1S/C24H34N2O5S2/c1-3-26(4-2)22(23-10-7-13-31-23)15-25-21-16-32(27,28)17-24(21)33(29,30)20-12-11-18-8-5-6-9-19(18)14-20/h7,10-14,21-22,24-25H,3-6,8-9,15-17H2,1-2H3/t21-,22?,24-/m0/s1. The number of rotatable bonds is 9. The molecule has 1 aromatic heterocycles. The molecular formula is C24H34N2O5S2. The fourth-order valence-electron chi connectivity index (χ4n) is 5.19. The van der Waals surface area contributed by atoms with Crippen molar-refractivity contribution in [1.29, 1.82) is 0 Å². The first-order valence-corrected chi connectivity index (χ1v) is 15.2. The number of benzene rings is 1. The Labute approximate surface area is 197 Å². The molecular weight excluding hydrogens is 460 g/mol. The van der Waals surface area contributed by atoms with Gasteiger partial charge in [-0.25, -0.2) is 16.8 Å². The number of fused-ring (bicyclic) bond motifs is 1. The fraction of sp³-hybridized carbons (Fsp3) is 0.583. The lowest BCUT2D eigenvalue weighted by Gasteiger charge is -2.30. The van der Waals surface area contributed by atoms with E-state index in [1.54, 1.807) is 18.4 Å². The van der Waals surface area contributed by atoms with Crippen molar-refractivity contribution in [2.75, 3.05) is 31.1 Å².